The van der Waals surface area contributed by atoms with Gasteiger partial charge in [-0.15, -0.1) is 0 Å². The maximum absolute atomic E-state index is 6.01. The molecule has 0 spiro atoms. The van der Waals surface area contributed by atoms with E-state index in [1.165, 1.54) is 18.4 Å². The third-order valence-corrected chi connectivity index (χ3v) is 3.47. The zero-order chi connectivity index (χ0) is 12.1. The van der Waals surface area contributed by atoms with E-state index >= 15 is 0 Å². The van der Waals surface area contributed by atoms with Crippen LogP contribution in [0.25, 0.3) is 0 Å². The van der Waals surface area contributed by atoms with Crippen LogP contribution in [0.3, 0.4) is 0 Å². The van der Waals surface area contributed by atoms with Crippen LogP contribution in [-0.4, -0.2) is 19.7 Å². The Morgan fingerprint density at radius 3 is 2.65 bits per heavy atom. The van der Waals surface area contributed by atoms with Crippen LogP contribution in [0.15, 0.2) is 24.3 Å². The van der Waals surface area contributed by atoms with E-state index in [4.69, 9.17) is 4.74 Å². The Morgan fingerprint density at radius 2 is 1.94 bits per heavy atom. The van der Waals surface area contributed by atoms with E-state index in [-0.39, 0.29) is 0 Å². The largest absolute Gasteiger partial charge is 0.493 e. The molecule has 1 aromatic rings. The molecule has 0 bridgehead atoms. The van der Waals surface area contributed by atoms with Crippen LogP contribution in [0, 0.1) is 5.92 Å². The zero-order valence-electron chi connectivity index (χ0n) is 10.9. The first-order chi connectivity index (χ1) is 8.27. The molecule has 0 saturated carbocycles. The van der Waals surface area contributed by atoms with E-state index in [0.717, 1.165) is 31.4 Å². The van der Waals surface area contributed by atoms with Crippen LogP contribution >= 0.6 is 0 Å². The van der Waals surface area contributed by atoms with Crippen molar-refractivity contribution in [2.24, 2.45) is 5.92 Å². The molecule has 0 atom stereocenters. The molecule has 2 rings (SSSR count). The van der Waals surface area contributed by atoms with Crippen molar-refractivity contribution in [2.75, 3.05) is 19.7 Å². The van der Waals surface area contributed by atoms with E-state index in [1.807, 2.05) is 0 Å². The highest BCUT2D eigenvalue weighted by molar-refractivity contribution is 5.35. The van der Waals surface area contributed by atoms with Crippen LogP contribution in [0.5, 0.6) is 5.75 Å². The topological polar surface area (TPSA) is 21.3 Å². The maximum Gasteiger partial charge on any atom is 0.122 e. The number of piperidine rings is 1. The quantitative estimate of drug-likeness (QED) is 0.862. The Bertz CT molecular complexity index is 343. The van der Waals surface area contributed by atoms with Gasteiger partial charge in [-0.05, 0) is 49.4 Å². The van der Waals surface area contributed by atoms with E-state index in [2.05, 4.69) is 43.4 Å². The minimum atomic E-state index is 0.527. The summed E-state index contributed by atoms with van der Waals surface area (Å²) in [4.78, 5) is 0. The molecule has 1 heterocycles. The molecule has 17 heavy (non-hydrogen) atoms. The van der Waals surface area contributed by atoms with Crippen LogP contribution in [0.4, 0.5) is 0 Å². The molecule has 1 saturated heterocycles. The fourth-order valence-electron chi connectivity index (χ4n) is 2.34. The van der Waals surface area contributed by atoms with Crippen molar-refractivity contribution in [3.63, 3.8) is 0 Å². The smallest absolute Gasteiger partial charge is 0.122 e. The molecule has 94 valence electrons. The molecule has 1 aliphatic heterocycles. The van der Waals surface area contributed by atoms with Gasteiger partial charge < -0.3 is 10.1 Å². The van der Waals surface area contributed by atoms with Gasteiger partial charge in [0.2, 0.25) is 0 Å². The Labute approximate surface area is 104 Å². The summed E-state index contributed by atoms with van der Waals surface area (Å²) in [5, 5.41) is 3.39. The fraction of sp³-hybridized carbons (Fsp3) is 0.600. The molecule has 0 aliphatic carbocycles. The Balaban J connectivity index is 1.93. The van der Waals surface area contributed by atoms with Gasteiger partial charge in [0.15, 0.2) is 0 Å². The lowest BCUT2D eigenvalue weighted by Crippen LogP contribution is -2.30. The lowest BCUT2D eigenvalue weighted by atomic mass is 9.99. The minimum Gasteiger partial charge on any atom is -0.493 e. The third kappa shape index (κ3) is 3.47. The summed E-state index contributed by atoms with van der Waals surface area (Å²) in [6.07, 6.45) is 2.48. The number of nitrogens with one attached hydrogen (secondary N) is 1. The predicted molar refractivity (Wildman–Crippen MR) is 71.6 cm³/mol. The van der Waals surface area contributed by atoms with Gasteiger partial charge >= 0.3 is 0 Å². The first-order valence-corrected chi connectivity index (χ1v) is 6.70. The molecule has 0 amide bonds. The summed E-state index contributed by atoms with van der Waals surface area (Å²) in [6, 6.07) is 8.41. The van der Waals surface area contributed by atoms with Crippen molar-refractivity contribution < 1.29 is 4.74 Å². The van der Waals surface area contributed by atoms with Gasteiger partial charge in [0.25, 0.3) is 0 Å². The number of ether oxygens (including phenoxy) is 1. The van der Waals surface area contributed by atoms with Crippen LogP contribution < -0.4 is 10.1 Å². The maximum atomic E-state index is 6.01. The van der Waals surface area contributed by atoms with Gasteiger partial charge in [-0.1, -0.05) is 32.0 Å². The Hall–Kier alpha value is -1.02. The van der Waals surface area contributed by atoms with Gasteiger partial charge in [0, 0.05) is 0 Å². The predicted octanol–water partition coefficient (Wildman–Crippen LogP) is 3.19. The van der Waals surface area contributed by atoms with Crippen LogP contribution in [0.1, 0.15) is 38.2 Å². The molecular formula is C15H23NO. The number of hydrogen-bond acceptors (Lipinski definition) is 2. The van der Waals surface area contributed by atoms with Crippen molar-refractivity contribution >= 4 is 0 Å². The molecule has 2 nitrogen and oxygen atoms in total. The van der Waals surface area contributed by atoms with Crippen molar-refractivity contribution in [3.8, 4) is 5.75 Å². The van der Waals surface area contributed by atoms with Gasteiger partial charge in [-0.25, -0.2) is 0 Å². The second-order valence-corrected chi connectivity index (χ2v) is 5.20. The summed E-state index contributed by atoms with van der Waals surface area (Å²) >= 11 is 0. The number of hydrogen-bond donors (Lipinski definition) is 1. The summed E-state index contributed by atoms with van der Waals surface area (Å²) < 4.78 is 6.01. The molecule has 2 heteroatoms. The lowest BCUT2D eigenvalue weighted by Gasteiger charge is -2.23. The molecule has 1 fully saturated rings. The molecule has 0 radical (unpaired) electrons. The highest BCUT2D eigenvalue weighted by Crippen LogP contribution is 2.26. The highest BCUT2D eigenvalue weighted by atomic mass is 16.5. The monoisotopic (exact) mass is 233 g/mol. The van der Waals surface area contributed by atoms with Gasteiger partial charge in [0.1, 0.15) is 5.75 Å². The minimum absolute atomic E-state index is 0.527. The van der Waals surface area contributed by atoms with E-state index in [0.29, 0.717) is 5.92 Å². The first-order valence-electron chi connectivity index (χ1n) is 6.70. The number of rotatable bonds is 4. The van der Waals surface area contributed by atoms with Gasteiger partial charge in [-0.3, -0.25) is 0 Å². The number of para-hydroxylation sites is 1. The second-order valence-electron chi connectivity index (χ2n) is 5.20. The van der Waals surface area contributed by atoms with E-state index in [9.17, 15) is 0 Å². The average Bonchev–Trinajstić information content (AvgIpc) is 2.38. The van der Waals surface area contributed by atoms with Crippen LogP contribution in [-0.2, 0) is 0 Å². The van der Waals surface area contributed by atoms with Crippen molar-refractivity contribution in [1.82, 2.24) is 5.32 Å². The summed E-state index contributed by atoms with van der Waals surface area (Å²) in [6.45, 7) is 7.57. The molecule has 1 aromatic carbocycles. The lowest BCUT2D eigenvalue weighted by molar-refractivity contribution is 0.213. The summed E-state index contributed by atoms with van der Waals surface area (Å²) in [7, 11) is 0. The number of benzene rings is 1. The molecule has 1 N–H and O–H groups in total. The van der Waals surface area contributed by atoms with E-state index in [1.54, 1.807) is 0 Å². The standard InChI is InChI=1S/C15H23NO/c1-12(2)14-5-3-4-6-15(14)17-11-13-7-9-16-10-8-13/h3-6,12-13,16H,7-11H2,1-2H3. The second kappa shape index (κ2) is 6.06. The van der Waals surface area contributed by atoms with Gasteiger partial charge in [-0.2, -0.15) is 0 Å². The molecule has 0 unspecified atom stereocenters. The van der Waals surface area contributed by atoms with E-state index < -0.39 is 0 Å². The SMILES string of the molecule is CC(C)c1ccccc1OCC1CCNCC1. The zero-order valence-corrected chi connectivity index (χ0v) is 10.9. The van der Waals surface area contributed by atoms with Crippen molar-refractivity contribution in [3.05, 3.63) is 29.8 Å². The highest BCUT2D eigenvalue weighted by Gasteiger charge is 2.14. The summed E-state index contributed by atoms with van der Waals surface area (Å²) in [5.41, 5.74) is 1.32. The summed E-state index contributed by atoms with van der Waals surface area (Å²) in [5.74, 6) is 2.32. The third-order valence-electron chi connectivity index (χ3n) is 3.47. The van der Waals surface area contributed by atoms with Crippen molar-refractivity contribution in [1.29, 1.82) is 0 Å². The Kier molecular flexibility index (Phi) is 4.43. The molecule has 1 aliphatic rings. The molecular weight excluding hydrogens is 210 g/mol. The normalized spacial score (nSPS) is 17.4. The average molecular weight is 233 g/mol. The van der Waals surface area contributed by atoms with Crippen LogP contribution in [0.2, 0.25) is 0 Å². The van der Waals surface area contributed by atoms with Gasteiger partial charge in [0.05, 0.1) is 6.61 Å². The molecule has 0 aromatic heterocycles. The van der Waals surface area contributed by atoms with Crippen molar-refractivity contribution in [2.45, 2.75) is 32.6 Å². The Morgan fingerprint density at radius 1 is 1.24 bits per heavy atom. The first kappa shape index (κ1) is 12.4. The fourth-order valence-corrected chi connectivity index (χ4v) is 2.34.